The average Bonchev–Trinajstić information content (AvgIpc) is 2.24. The van der Waals surface area contributed by atoms with E-state index in [2.05, 4.69) is 15.9 Å². The van der Waals surface area contributed by atoms with Crippen LogP contribution in [-0.2, 0) is 0 Å². The third-order valence-electron chi connectivity index (χ3n) is 1.94. The lowest BCUT2D eigenvalue weighted by molar-refractivity contribution is 0.485. The van der Waals surface area contributed by atoms with Gasteiger partial charge >= 0.3 is 0 Å². The Labute approximate surface area is 96.8 Å². The third kappa shape index (κ3) is 2.50. The predicted molar refractivity (Wildman–Crippen MR) is 65.1 cm³/mol. The highest BCUT2D eigenvalue weighted by Gasteiger charge is 2.01. The summed E-state index contributed by atoms with van der Waals surface area (Å²) in [5.41, 5.74) is 6.43. The van der Waals surface area contributed by atoms with Crippen molar-refractivity contribution >= 4 is 21.6 Å². The van der Waals surface area contributed by atoms with Gasteiger partial charge in [-0.15, -0.1) is 0 Å². The second kappa shape index (κ2) is 4.36. The average molecular weight is 264 g/mol. The molecule has 2 nitrogen and oxygen atoms in total. The Morgan fingerprint density at radius 1 is 1.00 bits per heavy atom. The van der Waals surface area contributed by atoms with Crippen molar-refractivity contribution in [3.8, 4) is 11.5 Å². The van der Waals surface area contributed by atoms with Crippen molar-refractivity contribution in [2.75, 3.05) is 5.73 Å². The van der Waals surface area contributed by atoms with Crippen molar-refractivity contribution in [3.05, 3.63) is 53.0 Å². The molecule has 0 unspecified atom stereocenters. The first-order valence-corrected chi connectivity index (χ1v) is 5.33. The number of nitrogens with two attached hydrogens (primary N) is 1. The summed E-state index contributed by atoms with van der Waals surface area (Å²) in [6.07, 6.45) is 0. The van der Waals surface area contributed by atoms with Gasteiger partial charge in [0.25, 0.3) is 0 Å². The van der Waals surface area contributed by atoms with Crippen LogP contribution < -0.4 is 10.5 Å². The van der Waals surface area contributed by atoms with Crippen LogP contribution in [0.3, 0.4) is 0 Å². The summed E-state index contributed by atoms with van der Waals surface area (Å²) >= 11 is 3.35. The van der Waals surface area contributed by atoms with E-state index in [0.717, 1.165) is 10.2 Å². The molecule has 0 heterocycles. The molecule has 15 heavy (non-hydrogen) atoms. The summed E-state index contributed by atoms with van der Waals surface area (Å²) in [4.78, 5) is 0. The fraction of sp³-hybridized carbons (Fsp3) is 0. The molecule has 0 bridgehead atoms. The largest absolute Gasteiger partial charge is 0.455 e. The van der Waals surface area contributed by atoms with E-state index in [-0.39, 0.29) is 0 Å². The summed E-state index contributed by atoms with van der Waals surface area (Å²) < 4.78 is 6.56. The molecule has 76 valence electrons. The summed E-state index contributed by atoms with van der Waals surface area (Å²) in [6, 6.07) is 15.1. The summed E-state index contributed by atoms with van der Waals surface area (Å²) in [5, 5.41) is 0. The Bertz CT molecular complexity index is 456. The molecule has 2 aromatic carbocycles. The van der Waals surface area contributed by atoms with Crippen LogP contribution in [0.25, 0.3) is 0 Å². The van der Waals surface area contributed by atoms with Gasteiger partial charge in [-0.25, -0.2) is 0 Å². The Balaban J connectivity index is 2.25. The number of halogens is 1. The highest BCUT2D eigenvalue weighted by Crippen LogP contribution is 2.29. The fourth-order valence-corrected chi connectivity index (χ4v) is 1.61. The topological polar surface area (TPSA) is 35.2 Å². The first kappa shape index (κ1) is 10.1. The molecule has 0 aliphatic rings. The van der Waals surface area contributed by atoms with Gasteiger partial charge < -0.3 is 10.5 Å². The molecule has 0 atom stereocenters. The van der Waals surface area contributed by atoms with E-state index in [0.29, 0.717) is 11.4 Å². The number of hydrogen-bond donors (Lipinski definition) is 1. The first-order chi connectivity index (χ1) is 7.25. The molecule has 0 amide bonds. The molecule has 0 radical (unpaired) electrons. The number of benzene rings is 2. The van der Waals surface area contributed by atoms with Crippen LogP contribution in [0.1, 0.15) is 0 Å². The van der Waals surface area contributed by atoms with Gasteiger partial charge in [-0.05, 0) is 30.3 Å². The Morgan fingerprint density at radius 3 is 2.40 bits per heavy atom. The normalized spacial score (nSPS) is 9.93. The van der Waals surface area contributed by atoms with Crippen LogP contribution >= 0.6 is 15.9 Å². The molecule has 2 N–H and O–H groups in total. The number of hydrogen-bond acceptors (Lipinski definition) is 2. The van der Waals surface area contributed by atoms with E-state index in [1.54, 1.807) is 0 Å². The molecule has 0 saturated carbocycles. The van der Waals surface area contributed by atoms with Crippen molar-refractivity contribution in [3.63, 3.8) is 0 Å². The predicted octanol–water partition coefficient (Wildman–Crippen LogP) is 3.82. The zero-order chi connectivity index (χ0) is 10.7. The Kier molecular flexibility index (Phi) is 2.92. The second-order valence-electron chi connectivity index (χ2n) is 3.10. The van der Waals surface area contributed by atoms with Crippen LogP contribution in [0.15, 0.2) is 53.0 Å². The standard InChI is InChI=1S/C12H10BrNO/c13-9-6-7-12(11(14)8-9)15-10-4-2-1-3-5-10/h1-8H,14H2. The van der Waals surface area contributed by atoms with Gasteiger partial charge in [-0.3, -0.25) is 0 Å². The minimum Gasteiger partial charge on any atom is -0.455 e. The van der Waals surface area contributed by atoms with Crippen LogP contribution in [0, 0.1) is 0 Å². The number of nitrogen functional groups attached to an aromatic ring is 1. The molecule has 0 aromatic heterocycles. The van der Waals surface area contributed by atoms with Crippen LogP contribution in [0.2, 0.25) is 0 Å². The van der Waals surface area contributed by atoms with Gasteiger partial charge in [0.05, 0.1) is 5.69 Å². The lowest BCUT2D eigenvalue weighted by Crippen LogP contribution is -1.91. The zero-order valence-corrected chi connectivity index (χ0v) is 9.57. The van der Waals surface area contributed by atoms with E-state index < -0.39 is 0 Å². The van der Waals surface area contributed by atoms with Gasteiger partial charge in [-0.2, -0.15) is 0 Å². The molecule has 0 aliphatic carbocycles. The van der Waals surface area contributed by atoms with Gasteiger partial charge in [0.1, 0.15) is 11.5 Å². The van der Waals surface area contributed by atoms with Crippen molar-refractivity contribution in [2.24, 2.45) is 0 Å². The van der Waals surface area contributed by atoms with Crippen molar-refractivity contribution in [1.29, 1.82) is 0 Å². The van der Waals surface area contributed by atoms with Crippen LogP contribution in [0.4, 0.5) is 5.69 Å². The smallest absolute Gasteiger partial charge is 0.150 e. The molecule has 0 fully saturated rings. The molecular formula is C12H10BrNO. The molecule has 3 heteroatoms. The lowest BCUT2D eigenvalue weighted by atomic mass is 10.3. The van der Waals surface area contributed by atoms with E-state index in [1.165, 1.54) is 0 Å². The molecular weight excluding hydrogens is 254 g/mol. The first-order valence-electron chi connectivity index (χ1n) is 4.53. The van der Waals surface area contributed by atoms with E-state index >= 15 is 0 Å². The highest BCUT2D eigenvalue weighted by molar-refractivity contribution is 9.10. The number of rotatable bonds is 2. The third-order valence-corrected chi connectivity index (χ3v) is 2.44. The highest BCUT2D eigenvalue weighted by atomic mass is 79.9. The molecule has 0 spiro atoms. The van der Waals surface area contributed by atoms with Crippen molar-refractivity contribution < 1.29 is 4.74 Å². The number of ether oxygens (including phenoxy) is 1. The second-order valence-corrected chi connectivity index (χ2v) is 4.01. The molecule has 0 aliphatic heterocycles. The van der Waals surface area contributed by atoms with Gasteiger partial charge in [-0.1, -0.05) is 34.1 Å². The van der Waals surface area contributed by atoms with Crippen molar-refractivity contribution in [1.82, 2.24) is 0 Å². The SMILES string of the molecule is Nc1cc(Br)ccc1Oc1ccccc1. The molecule has 2 rings (SSSR count). The Hall–Kier alpha value is -1.48. The summed E-state index contributed by atoms with van der Waals surface area (Å²) in [7, 11) is 0. The quantitative estimate of drug-likeness (QED) is 0.837. The van der Waals surface area contributed by atoms with E-state index in [9.17, 15) is 0 Å². The maximum Gasteiger partial charge on any atom is 0.150 e. The van der Waals surface area contributed by atoms with Gasteiger partial charge in [0, 0.05) is 4.47 Å². The Morgan fingerprint density at radius 2 is 1.73 bits per heavy atom. The monoisotopic (exact) mass is 263 g/mol. The van der Waals surface area contributed by atoms with Gasteiger partial charge in [0.2, 0.25) is 0 Å². The minimum absolute atomic E-state index is 0.619. The van der Waals surface area contributed by atoms with Crippen molar-refractivity contribution in [2.45, 2.75) is 0 Å². The van der Waals surface area contributed by atoms with E-state index in [4.69, 9.17) is 10.5 Å². The van der Waals surface area contributed by atoms with Crippen LogP contribution in [0.5, 0.6) is 11.5 Å². The molecule has 2 aromatic rings. The minimum atomic E-state index is 0.619. The van der Waals surface area contributed by atoms with Gasteiger partial charge in [0.15, 0.2) is 0 Å². The summed E-state index contributed by atoms with van der Waals surface area (Å²) in [6.45, 7) is 0. The fourth-order valence-electron chi connectivity index (χ4n) is 1.23. The summed E-state index contributed by atoms with van der Waals surface area (Å²) in [5.74, 6) is 1.45. The van der Waals surface area contributed by atoms with E-state index in [1.807, 2.05) is 48.5 Å². The maximum atomic E-state index is 5.81. The number of anilines is 1. The van der Waals surface area contributed by atoms with Crippen LogP contribution in [-0.4, -0.2) is 0 Å². The lowest BCUT2D eigenvalue weighted by Gasteiger charge is -2.08. The maximum absolute atomic E-state index is 5.81. The molecule has 0 saturated heterocycles. The number of para-hydroxylation sites is 1. The zero-order valence-electron chi connectivity index (χ0n) is 7.98.